The molecular formula is C21H17ClO2S. The molecule has 0 aliphatic rings. The van der Waals surface area contributed by atoms with Crippen LogP contribution in [0.2, 0.25) is 5.02 Å². The monoisotopic (exact) mass is 368 g/mol. The Morgan fingerprint density at radius 3 is 1.92 bits per heavy atom. The summed E-state index contributed by atoms with van der Waals surface area (Å²) in [6.45, 7) is 0. The molecule has 2 nitrogen and oxygen atoms in total. The second-order valence-electron chi connectivity index (χ2n) is 5.77. The van der Waals surface area contributed by atoms with E-state index in [1.807, 2.05) is 72.8 Å². The Morgan fingerprint density at radius 1 is 0.800 bits per heavy atom. The quantitative estimate of drug-likeness (QED) is 0.583. The van der Waals surface area contributed by atoms with E-state index in [1.165, 1.54) is 6.26 Å². The maximum Gasteiger partial charge on any atom is 0.175 e. The van der Waals surface area contributed by atoms with E-state index in [0.717, 1.165) is 22.3 Å². The van der Waals surface area contributed by atoms with Gasteiger partial charge in [-0.15, -0.1) is 0 Å². The van der Waals surface area contributed by atoms with E-state index in [0.29, 0.717) is 9.92 Å². The van der Waals surface area contributed by atoms with E-state index in [9.17, 15) is 8.42 Å². The summed E-state index contributed by atoms with van der Waals surface area (Å²) in [5.41, 5.74) is 4.10. The Kier molecular flexibility index (Phi) is 5.07. The molecule has 3 rings (SSSR count). The van der Waals surface area contributed by atoms with E-state index in [1.54, 1.807) is 12.1 Å². The third-order valence-electron chi connectivity index (χ3n) is 3.86. The van der Waals surface area contributed by atoms with Crippen LogP contribution in [0.1, 0.15) is 16.7 Å². The van der Waals surface area contributed by atoms with Gasteiger partial charge in [0.15, 0.2) is 9.84 Å². The second kappa shape index (κ2) is 7.26. The first kappa shape index (κ1) is 17.5. The van der Waals surface area contributed by atoms with Crippen molar-refractivity contribution in [1.29, 1.82) is 0 Å². The van der Waals surface area contributed by atoms with Crippen molar-refractivity contribution < 1.29 is 8.42 Å². The number of sulfone groups is 1. The van der Waals surface area contributed by atoms with Gasteiger partial charge in [0.2, 0.25) is 0 Å². The molecule has 0 heterocycles. The molecular weight excluding hydrogens is 352 g/mol. The van der Waals surface area contributed by atoms with Gasteiger partial charge in [-0.2, -0.15) is 0 Å². The molecule has 0 saturated heterocycles. The standard InChI is InChI=1S/C21H17ClO2S/c1-25(23,24)20-13-7-16(8-14-20)15-21(17-5-3-2-4-6-17)18-9-11-19(22)12-10-18/h2-15H,1H3/b21-15+. The van der Waals surface area contributed by atoms with Gasteiger partial charge in [-0.3, -0.25) is 0 Å². The lowest BCUT2D eigenvalue weighted by molar-refractivity contribution is 0.602. The van der Waals surface area contributed by atoms with Crippen molar-refractivity contribution in [3.63, 3.8) is 0 Å². The normalized spacial score (nSPS) is 12.2. The van der Waals surface area contributed by atoms with Crippen LogP contribution in [0.3, 0.4) is 0 Å². The molecule has 0 amide bonds. The summed E-state index contributed by atoms with van der Waals surface area (Å²) in [6, 6.07) is 24.6. The van der Waals surface area contributed by atoms with E-state index in [-0.39, 0.29) is 0 Å². The lowest BCUT2D eigenvalue weighted by atomic mass is 9.96. The van der Waals surface area contributed by atoms with Crippen molar-refractivity contribution in [2.75, 3.05) is 6.26 Å². The van der Waals surface area contributed by atoms with Crippen molar-refractivity contribution in [2.24, 2.45) is 0 Å². The molecule has 0 spiro atoms. The van der Waals surface area contributed by atoms with Gasteiger partial charge in [0.05, 0.1) is 4.90 Å². The Bertz CT molecular complexity index is 988. The first-order chi connectivity index (χ1) is 11.9. The zero-order valence-corrected chi connectivity index (χ0v) is 15.3. The molecule has 0 atom stereocenters. The van der Waals surface area contributed by atoms with Crippen LogP contribution in [0.5, 0.6) is 0 Å². The van der Waals surface area contributed by atoms with Gasteiger partial charge < -0.3 is 0 Å². The molecule has 3 aromatic carbocycles. The van der Waals surface area contributed by atoms with Crippen LogP contribution in [-0.2, 0) is 9.84 Å². The summed E-state index contributed by atoms with van der Waals surface area (Å²) < 4.78 is 23.2. The third kappa shape index (κ3) is 4.38. The molecule has 3 aromatic rings. The second-order valence-corrected chi connectivity index (χ2v) is 8.22. The summed E-state index contributed by atoms with van der Waals surface area (Å²) in [6.07, 6.45) is 3.26. The lowest BCUT2D eigenvalue weighted by Crippen LogP contribution is -1.96. The number of benzene rings is 3. The molecule has 25 heavy (non-hydrogen) atoms. The summed E-state index contributed by atoms with van der Waals surface area (Å²) >= 11 is 6.01. The van der Waals surface area contributed by atoms with Crippen molar-refractivity contribution in [3.05, 3.63) is 101 Å². The Labute approximate surface area is 153 Å². The predicted octanol–water partition coefficient (Wildman–Crippen LogP) is 5.33. The minimum atomic E-state index is -3.19. The maximum atomic E-state index is 11.6. The lowest BCUT2D eigenvalue weighted by Gasteiger charge is -2.09. The van der Waals surface area contributed by atoms with Crippen molar-refractivity contribution >= 4 is 33.1 Å². The maximum absolute atomic E-state index is 11.6. The fraction of sp³-hybridized carbons (Fsp3) is 0.0476. The van der Waals surface area contributed by atoms with E-state index >= 15 is 0 Å². The van der Waals surface area contributed by atoms with Crippen molar-refractivity contribution in [3.8, 4) is 0 Å². The molecule has 0 N–H and O–H groups in total. The first-order valence-electron chi connectivity index (χ1n) is 7.77. The summed E-state index contributed by atoms with van der Waals surface area (Å²) in [7, 11) is -3.19. The minimum Gasteiger partial charge on any atom is -0.224 e. The largest absolute Gasteiger partial charge is 0.224 e. The van der Waals surface area contributed by atoms with Gasteiger partial charge in [-0.1, -0.05) is 66.2 Å². The SMILES string of the molecule is CS(=O)(=O)c1ccc(/C=C(\c2ccccc2)c2ccc(Cl)cc2)cc1. The third-order valence-corrected chi connectivity index (χ3v) is 5.24. The van der Waals surface area contributed by atoms with Crippen LogP contribution in [0.4, 0.5) is 0 Å². The highest BCUT2D eigenvalue weighted by molar-refractivity contribution is 7.90. The van der Waals surface area contributed by atoms with Gasteiger partial charge in [-0.05, 0) is 52.6 Å². The predicted molar refractivity (Wildman–Crippen MR) is 104 cm³/mol. The highest BCUT2D eigenvalue weighted by atomic mass is 35.5. The van der Waals surface area contributed by atoms with Crippen molar-refractivity contribution in [2.45, 2.75) is 4.90 Å². The van der Waals surface area contributed by atoms with Crippen LogP contribution in [0.25, 0.3) is 11.6 Å². The summed E-state index contributed by atoms with van der Waals surface area (Å²) in [5.74, 6) is 0. The topological polar surface area (TPSA) is 34.1 Å². The van der Waals surface area contributed by atoms with Crippen LogP contribution < -0.4 is 0 Å². The molecule has 0 fully saturated rings. The molecule has 0 radical (unpaired) electrons. The van der Waals surface area contributed by atoms with Gasteiger partial charge in [0.25, 0.3) is 0 Å². The number of hydrogen-bond acceptors (Lipinski definition) is 2. The Hall–Kier alpha value is -2.36. The molecule has 4 heteroatoms. The zero-order chi connectivity index (χ0) is 17.9. The molecule has 0 saturated carbocycles. The van der Waals surface area contributed by atoms with Crippen molar-refractivity contribution in [1.82, 2.24) is 0 Å². The molecule has 0 aliphatic carbocycles. The van der Waals surface area contributed by atoms with Gasteiger partial charge >= 0.3 is 0 Å². The average Bonchev–Trinajstić information content (AvgIpc) is 2.61. The Balaban J connectivity index is 2.08. The minimum absolute atomic E-state index is 0.317. The molecule has 0 aromatic heterocycles. The number of halogens is 1. The summed E-state index contributed by atoms with van der Waals surface area (Å²) in [4.78, 5) is 0.317. The summed E-state index contributed by atoms with van der Waals surface area (Å²) in [5, 5.41) is 0.689. The van der Waals surface area contributed by atoms with Gasteiger partial charge in [-0.25, -0.2) is 8.42 Å². The van der Waals surface area contributed by atoms with Crippen LogP contribution in [0.15, 0.2) is 83.8 Å². The number of hydrogen-bond donors (Lipinski definition) is 0. The number of rotatable bonds is 4. The molecule has 0 unspecified atom stereocenters. The van der Waals surface area contributed by atoms with E-state index < -0.39 is 9.84 Å². The zero-order valence-electron chi connectivity index (χ0n) is 13.7. The first-order valence-corrected chi connectivity index (χ1v) is 10.0. The molecule has 0 bridgehead atoms. The van der Waals surface area contributed by atoms with E-state index in [2.05, 4.69) is 0 Å². The van der Waals surface area contributed by atoms with Gasteiger partial charge in [0, 0.05) is 11.3 Å². The average molecular weight is 369 g/mol. The van der Waals surface area contributed by atoms with Gasteiger partial charge in [0.1, 0.15) is 0 Å². The van der Waals surface area contributed by atoms with Crippen LogP contribution >= 0.6 is 11.6 Å². The fourth-order valence-electron chi connectivity index (χ4n) is 2.56. The smallest absolute Gasteiger partial charge is 0.175 e. The fourth-order valence-corrected chi connectivity index (χ4v) is 3.31. The highest BCUT2D eigenvalue weighted by Crippen LogP contribution is 2.27. The Morgan fingerprint density at radius 2 is 1.36 bits per heavy atom. The molecule has 126 valence electrons. The highest BCUT2D eigenvalue weighted by Gasteiger charge is 2.08. The van der Waals surface area contributed by atoms with Crippen LogP contribution in [-0.4, -0.2) is 14.7 Å². The molecule has 0 aliphatic heterocycles. The van der Waals surface area contributed by atoms with E-state index in [4.69, 9.17) is 11.6 Å². The van der Waals surface area contributed by atoms with Crippen LogP contribution in [0, 0.1) is 0 Å².